The maximum Gasteiger partial charge on any atom is 0.0991 e. The van der Waals surface area contributed by atoms with E-state index in [1.165, 1.54) is 0 Å². The van der Waals surface area contributed by atoms with Gasteiger partial charge in [0, 0.05) is 0 Å². The first-order valence-corrected chi connectivity index (χ1v) is 5.44. The van der Waals surface area contributed by atoms with Gasteiger partial charge in [-0.25, -0.2) is 0 Å². The summed E-state index contributed by atoms with van der Waals surface area (Å²) in [6.45, 7) is 2.00. The van der Waals surface area contributed by atoms with Crippen molar-refractivity contribution in [2.45, 2.75) is 6.92 Å². The molecule has 0 fully saturated rings. The minimum atomic E-state index is 0.672. The number of benzene rings is 1. The highest BCUT2D eigenvalue weighted by Gasteiger charge is 2.06. The third kappa shape index (κ3) is 1.72. The number of nitrogens with two attached hydrogens (primary N) is 1. The molecule has 0 spiro atoms. The Morgan fingerprint density at radius 1 is 1.27 bits per heavy atom. The minimum Gasteiger partial charge on any atom is -0.397 e. The Hall–Kier alpha value is -1.79. The Balaban J connectivity index is 2.47. The molecule has 2 rings (SSSR count). The predicted molar refractivity (Wildman–Crippen MR) is 63.6 cm³/mol. The highest BCUT2D eigenvalue weighted by atomic mass is 32.1. The first-order chi connectivity index (χ1) is 7.22. The van der Waals surface area contributed by atoms with Crippen molar-refractivity contribution in [3.05, 3.63) is 40.8 Å². The SMILES string of the molecule is Cc1csc(-c2ccc(C#N)cc2)c1N. The maximum absolute atomic E-state index is 8.69. The van der Waals surface area contributed by atoms with E-state index >= 15 is 0 Å². The zero-order valence-electron chi connectivity index (χ0n) is 8.32. The Morgan fingerprint density at radius 2 is 1.93 bits per heavy atom. The van der Waals surface area contributed by atoms with Crippen LogP contribution in [0.2, 0.25) is 0 Å². The van der Waals surface area contributed by atoms with Crippen LogP contribution in [-0.2, 0) is 0 Å². The molecule has 0 aliphatic rings. The Kier molecular flexibility index (Phi) is 2.44. The number of aryl methyl sites for hydroxylation is 1. The fourth-order valence-electron chi connectivity index (χ4n) is 1.37. The van der Waals surface area contributed by atoms with Crippen molar-refractivity contribution in [2.75, 3.05) is 5.73 Å². The number of nitrogen functional groups attached to an aromatic ring is 1. The van der Waals surface area contributed by atoms with Crippen molar-refractivity contribution < 1.29 is 0 Å². The third-order valence-electron chi connectivity index (χ3n) is 2.30. The molecule has 1 aromatic heterocycles. The number of hydrogen-bond donors (Lipinski definition) is 1. The summed E-state index contributed by atoms with van der Waals surface area (Å²) in [6.07, 6.45) is 0. The molecule has 1 heterocycles. The van der Waals surface area contributed by atoms with Crippen LogP contribution in [0.4, 0.5) is 5.69 Å². The van der Waals surface area contributed by atoms with Gasteiger partial charge in [-0.05, 0) is 35.6 Å². The van der Waals surface area contributed by atoms with Crippen LogP contribution in [0.3, 0.4) is 0 Å². The molecule has 3 heteroatoms. The second-order valence-corrected chi connectivity index (χ2v) is 4.23. The van der Waals surface area contributed by atoms with E-state index in [1.54, 1.807) is 11.3 Å². The third-order valence-corrected chi connectivity index (χ3v) is 3.46. The lowest BCUT2D eigenvalue weighted by atomic mass is 10.1. The summed E-state index contributed by atoms with van der Waals surface area (Å²) in [5.74, 6) is 0. The van der Waals surface area contributed by atoms with E-state index in [4.69, 9.17) is 11.0 Å². The fraction of sp³-hybridized carbons (Fsp3) is 0.0833. The standard InChI is InChI=1S/C12H10N2S/c1-8-7-15-12(11(8)14)10-4-2-9(6-13)3-5-10/h2-5,7H,14H2,1H3. The summed E-state index contributed by atoms with van der Waals surface area (Å²) < 4.78 is 0. The molecular weight excluding hydrogens is 204 g/mol. The number of nitrogens with zero attached hydrogens (tertiary/aromatic N) is 1. The van der Waals surface area contributed by atoms with Gasteiger partial charge in [0.05, 0.1) is 22.2 Å². The molecule has 74 valence electrons. The number of rotatable bonds is 1. The monoisotopic (exact) mass is 214 g/mol. The zero-order valence-corrected chi connectivity index (χ0v) is 9.14. The van der Waals surface area contributed by atoms with Crippen LogP contribution in [-0.4, -0.2) is 0 Å². The van der Waals surface area contributed by atoms with Crippen molar-refractivity contribution in [3.8, 4) is 16.5 Å². The summed E-state index contributed by atoms with van der Waals surface area (Å²) in [5, 5.41) is 10.7. The second-order valence-electron chi connectivity index (χ2n) is 3.35. The van der Waals surface area contributed by atoms with Gasteiger partial charge >= 0.3 is 0 Å². The van der Waals surface area contributed by atoms with Crippen LogP contribution in [0.25, 0.3) is 10.4 Å². The molecule has 0 saturated carbocycles. The van der Waals surface area contributed by atoms with Gasteiger partial charge in [-0.2, -0.15) is 5.26 Å². The summed E-state index contributed by atoms with van der Waals surface area (Å²) in [7, 11) is 0. The summed E-state index contributed by atoms with van der Waals surface area (Å²) in [4.78, 5) is 1.08. The van der Waals surface area contributed by atoms with E-state index < -0.39 is 0 Å². The molecule has 2 N–H and O–H groups in total. The van der Waals surface area contributed by atoms with Crippen LogP contribution in [0.15, 0.2) is 29.6 Å². The highest BCUT2D eigenvalue weighted by Crippen LogP contribution is 2.34. The van der Waals surface area contributed by atoms with Crippen LogP contribution >= 0.6 is 11.3 Å². The molecule has 0 saturated heterocycles. The number of nitriles is 1. The topological polar surface area (TPSA) is 49.8 Å². The van der Waals surface area contributed by atoms with Crippen molar-refractivity contribution in [2.24, 2.45) is 0 Å². The van der Waals surface area contributed by atoms with Gasteiger partial charge in [-0.1, -0.05) is 12.1 Å². The van der Waals surface area contributed by atoms with Gasteiger partial charge in [-0.3, -0.25) is 0 Å². The van der Waals surface area contributed by atoms with Crippen molar-refractivity contribution >= 4 is 17.0 Å². The second kappa shape index (κ2) is 3.76. The number of anilines is 1. The Morgan fingerprint density at radius 3 is 2.40 bits per heavy atom. The highest BCUT2D eigenvalue weighted by molar-refractivity contribution is 7.14. The van der Waals surface area contributed by atoms with Crippen LogP contribution in [0.5, 0.6) is 0 Å². The molecule has 0 aliphatic carbocycles. The smallest absolute Gasteiger partial charge is 0.0991 e. The average molecular weight is 214 g/mol. The fourth-order valence-corrected chi connectivity index (χ4v) is 2.35. The molecule has 15 heavy (non-hydrogen) atoms. The van der Waals surface area contributed by atoms with Gasteiger partial charge < -0.3 is 5.73 Å². The lowest BCUT2D eigenvalue weighted by Gasteiger charge is -2.00. The molecule has 0 amide bonds. The molecule has 0 aliphatic heterocycles. The molecule has 2 nitrogen and oxygen atoms in total. The Labute approximate surface area is 92.6 Å². The number of hydrogen-bond acceptors (Lipinski definition) is 3. The Bertz CT molecular complexity index is 518. The van der Waals surface area contributed by atoms with Gasteiger partial charge in [0.1, 0.15) is 0 Å². The lowest BCUT2D eigenvalue weighted by molar-refractivity contribution is 1.48. The molecule has 0 unspecified atom stereocenters. The van der Waals surface area contributed by atoms with Crippen LogP contribution in [0.1, 0.15) is 11.1 Å². The first kappa shape index (κ1) is 9.75. The van der Waals surface area contributed by atoms with Gasteiger partial charge in [0.2, 0.25) is 0 Å². The van der Waals surface area contributed by atoms with Crippen molar-refractivity contribution in [1.29, 1.82) is 5.26 Å². The van der Waals surface area contributed by atoms with Crippen LogP contribution in [0, 0.1) is 18.3 Å². The molecule has 0 bridgehead atoms. The van der Waals surface area contributed by atoms with E-state index in [2.05, 4.69) is 6.07 Å². The number of thiophene rings is 1. The molecule has 0 atom stereocenters. The van der Waals surface area contributed by atoms with Gasteiger partial charge in [0.15, 0.2) is 0 Å². The molecule has 2 aromatic rings. The molecule has 1 aromatic carbocycles. The summed E-state index contributed by atoms with van der Waals surface area (Å²) in [5.41, 5.74) is 9.64. The summed E-state index contributed by atoms with van der Waals surface area (Å²) >= 11 is 1.63. The lowest BCUT2D eigenvalue weighted by Crippen LogP contribution is -1.87. The van der Waals surface area contributed by atoms with E-state index in [1.807, 2.05) is 36.6 Å². The average Bonchev–Trinajstić information content (AvgIpc) is 2.60. The predicted octanol–water partition coefficient (Wildman–Crippen LogP) is 3.18. The van der Waals surface area contributed by atoms with Crippen molar-refractivity contribution in [1.82, 2.24) is 0 Å². The first-order valence-electron chi connectivity index (χ1n) is 4.56. The largest absolute Gasteiger partial charge is 0.397 e. The quantitative estimate of drug-likeness (QED) is 0.792. The maximum atomic E-state index is 8.69. The van der Waals surface area contributed by atoms with Gasteiger partial charge in [0.25, 0.3) is 0 Å². The van der Waals surface area contributed by atoms with E-state index in [-0.39, 0.29) is 0 Å². The normalized spacial score (nSPS) is 9.87. The summed E-state index contributed by atoms with van der Waals surface area (Å²) in [6, 6.07) is 9.58. The molecule has 0 radical (unpaired) electrons. The van der Waals surface area contributed by atoms with Gasteiger partial charge in [-0.15, -0.1) is 11.3 Å². The molecular formula is C12H10N2S. The van der Waals surface area contributed by atoms with Crippen molar-refractivity contribution in [3.63, 3.8) is 0 Å². The van der Waals surface area contributed by atoms with Crippen LogP contribution < -0.4 is 5.73 Å². The van der Waals surface area contributed by atoms with E-state index in [0.29, 0.717) is 5.56 Å². The van der Waals surface area contributed by atoms with E-state index in [9.17, 15) is 0 Å². The minimum absolute atomic E-state index is 0.672. The zero-order chi connectivity index (χ0) is 10.8. The van der Waals surface area contributed by atoms with E-state index in [0.717, 1.165) is 21.7 Å².